The molecule has 1 saturated heterocycles. The van der Waals surface area contributed by atoms with E-state index in [9.17, 15) is 9.90 Å². The van der Waals surface area contributed by atoms with Crippen LogP contribution >= 0.6 is 11.6 Å². The number of carbonyl (C=O) groups excluding carboxylic acids is 1. The minimum atomic E-state index is -0.116. The number of piperidine rings is 1. The molecule has 0 atom stereocenters. The lowest BCUT2D eigenvalue weighted by Crippen LogP contribution is -2.29. The molecule has 154 valence electrons. The number of ether oxygens (including phenoxy) is 2. The highest BCUT2D eigenvalue weighted by atomic mass is 35.5. The van der Waals surface area contributed by atoms with Crippen molar-refractivity contribution < 1.29 is 19.4 Å². The molecule has 0 bridgehead atoms. The van der Waals surface area contributed by atoms with Crippen LogP contribution in [0.5, 0.6) is 17.2 Å². The summed E-state index contributed by atoms with van der Waals surface area (Å²) in [5, 5.41) is 10.00. The quantitative estimate of drug-likeness (QED) is 0.512. The highest BCUT2D eigenvalue weighted by Gasteiger charge is 2.15. The number of phenols is 1. The molecule has 0 aliphatic carbocycles. The number of aromatic hydroxyl groups is 1. The van der Waals surface area contributed by atoms with Crippen LogP contribution in [0.2, 0.25) is 5.02 Å². The third kappa shape index (κ3) is 5.31. The lowest BCUT2D eigenvalue weighted by atomic mass is 10.0. The molecule has 29 heavy (non-hydrogen) atoms. The number of likely N-dealkylation sites (tertiary alicyclic amines) is 1. The van der Waals surface area contributed by atoms with Gasteiger partial charge in [-0.15, -0.1) is 0 Å². The maximum absolute atomic E-state index is 12.7. The Labute approximate surface area is 176 Å². The van der Waals surface area contributed by atoms with Crippen molar-refractivity contribution >= 4 is 23.5 Å². The van der Waals surface area contributed by atoms with Crippen LogP contribution in [0.25, 0.3) is 6.08 Å². The summed E-state index contributed by atoms with van der Waals surface area (Å²) < 4.78 is 10.6. The molecule has 3 rings (SSSR count). The number of allylic oxidation sites excluding steroid dienone is 1. The van der Waals surface area contributed by atoms with Gasteiger partial charge in [-0.1, -0.05) is 24.1 Å². The first-order valence-corrected chi connectivity index (χ1v) is 10.1. The fraction of sp³-hybridized carbons (Fsp3) is 0.348. The van der Waals surface area contributed by atoms with E-state index in [2.05, 4.69) is 4.90 Å². The summed E-state index contributed by atoms with van der Waals surface area (Å²) in [5.41, 5.74) is 2.29. The van der Waals surface area contributed by atoms with E-state index < -0.39 is 0 Å². The van der Waals surface area contributed by atoms with Crippen LogP contribution in [0.4, 0.5) is 0 Å². The van der Waals surface area contributed by atoms with Crippen LogP contribution < -0.4 is 9.47 Å². The maximum Gasteiger partial charge on any atom is 0.185 e. The molecule has 0 aromatic heterocycles. The minimum Gasteiger partial charge on any atom is -0.503 e. The highest BCUT2D eigenvalue weighted by Crippen LogP contribution is 2.35. The first-order valence-electron chi connectivity index (χ1n) is 9.70. The number of hydrogen-bond donors (Lipinski definition) is 1. The third-order valence-electron chi connectivity index (χ3n) is 5.11. The summed E-state index contributed by atoms with van der Waals surface area (Å²) in [6.07, 6.45) is 6.85. The summed E-state index contributed by atoms with van der Waals surface area (Å²) in [6.45, 7) is 2.92. The molecule has 5 nitrogen and oxygen atoms in total. The Morgan fingerprint density at radius 1 is 1.10 bits per heavy atom. The molecule has 0 unspecified atom stereocenters. The van der Waals surface area contributed by atoms with E-state index in [1.54, 1.807) is 31.4 Å². The van der Waals surface area contributed by atoms with Crippen molar-refractivity contribution in [3.63, 3.8) is 0 Å². The summed E-state index contributed by atoms with van der Waals surface area (Å²) in [6, 6.07) is 8.74. The van der Waals surface area contributed by atoms with Crippen molar-refractivity contribution in [1.29, 1.82) is 0 Å². The molecule has 6 heteroatoms. The van der Waals surface area contributed by atoms with Crippen LogP contribution in [0.15, 0.2) is 36.4 Å². The molecule has 1 heterocycles. The summed E-state index contributed by atoms with van der Waals surface area (Å²) in [7, 11) is 3.10. The Kier molecular flexibility index (Phi) is 7.18. The van der Waals surface area contributed by atoms with E-state index in [4.69, 9.17) is 21.1 Å². The minimum absolute atomic E-state index is 0.115. The van der Waals surface area contributed by atoms with Gasteiger partial charge in [0, 0.05) is 17.7 Å². The topological polar surface area (TPSA) is 59.0 Å². The number of methoxy groups -OCH3 is 2. The van der Waals surface area contributed by atoms with Crippen molar-refractivity contribution in [1.82, 2.24) is 4.90 Å². The SMILES string of the molecule is COc1ccc(C(=O)/C=C/c2cc(Cl)c(O)c(OC)c2)cc1CN1CCCCC1. The zero-order valence-electron chi connectivity index (χ0n) is 16.8. The predicted octanol–water partition coefficient (Wildman–Crippen LogP) is 4.94. The van der Waals surface area contributed by atoms with E-state index in [-0.39, 0.29) is 22.3 Å². The molecule has 2 aromatic carbocycles. The molecule has 1 fully saturated rings. The average Bonchev–Trinajstić information content (AvgIpc) is 2.74. The fourth-order valence-electron chi connectivity index (χ4n) is 3.53. The molecule has 0 saturated carbocycles. The summed E-state index contributed by atoms with van der Waals surface area (Å²) >= 11 is 6.01. The van der Waals surface area contributed by atoms with Crippen molar-refractivity contribution in [2.45, 2.75) is 25.8 Å². The standard InChI is InChI=1S/C23H26ClNO4/c1-28-21-9-7-17(14-18(21)15-25-10-4-3-5-11-25)20(26)8-6-16-12-19(24)23(27)22(13-16)29-2/h6-9,12-14,27H,3-5,10-11,15H2,1-2H3/b8-6+. The number of hydrogen-bond acceptors (Lipinski definition) is 5. The fourth-order valence-corrected chi connectivity index (χ4v) is 3.75. The van der Waals surface area contributed by atoms with E-state index >= 15 is 0 Å². The predicted molar refractivity (Wildman–Crippen MR) is 115 cm³/mol. The Hall–Kier alpha value is -2.50. The molecule has 1 N–H and O–H groups in total. The number of benzene rings is 2. The van der Waals surface area contributed by atoms with Gasteiger partial charge < -0.3 is 14.6 Å². The lowest BCUT2D eigenvalue weighted by molar-refractivity contribution is 0.104. The Morgan fingerprint density at radius 2 is 1.83 bits per heavy atom. The molecular formula is C23H26ClNO4. The number of ketones is 1. The Morgan fingerprint density at radius 3 is 2.52 bits per heavy atom. The first-order chi connectivity index (χ1) is 14.0. The lowest BCUT2D eigenvalue weighted by Gasteiger charge is -2.27. The van der Waals surface area contributed by atoms with E-state index in [1.165, 1.54) is 32.4 Å². The Balaban J connectivity index is 1.79. The zero-order chi connectivity index (χ0) is 20.8. The summed E-state index contributed by atoms with van der Waals surface area (Å²) in [5.74, 6) is 0.829. The number of nitrogens with zero attached hydrogens (tertiary/aromatic N) is 1. The van der Waals surface area contributed by atoms with Crippen LogP contribution in [0.3, 0.4) is 0 Å². The summed E-state index contributed by atoms with van der Waals surface area (Å²) in [4.78, 5) is 15.1. The van der Waals surface area contributed by atoms with Gasteiger partial charge in [-0.25, -0.2) is 0 Å². The Bertz CT molecular complexity index is 904. The van der Waals surface area contributed by atoms with Crippen molar-refractivity contribution in [2.75, 3.05) is 27.3 Å². The number of carbonyl (C=O) groups is 1. The van der Waals surface area contributed by atoms with Gasteiger partial charge >= 0.3 is 0 Å². The maximum atomic E-state index is 12.7. The smallest absolute Gasteiger partial charge is 0.185 e. The van der Waals surface area contributed by atoms with Gasteiger partial charge in [0.1, 0.15) is 5.75 Å². The number of phenolic OH excluding ortho intramolecular Hbond substituents is 1. The third-order valence-corrected chi connectivity index (χ3v) is 5.39. The first kappa shape index (κ1) is 21.2. The molecule has 2 aromatic rings. The monoisotopic (exact) mass is 415 g/mol. The number of halogens is 1. The molecule has 0 amide bonds. The second-order valence-electron chi connectivity index (χ2n) is 7.11. The molecular weight excluding hydrogens is 390 g/mol. The van der Waals surface area contributed by atoms with E-state index in [1.807, 2.05) is 12.1 Å². The van der Waals surface area contributed by atoms with E-state index in [0.717, 1.165) is 30.9 Å². The zero-order valence-corrected chi connectivity index (χ0v) is 17.5. The van der Waals surface area contributed by atoms with Crippen LogP contribution in [0, 0.1) is 0 Å². The van der Waals surface area contributed by atoms with Gasteiger partial charge in [0.15, 0.2) is 17.3 Å². The second kappa shape index (κ2) is 9.81. The van der Waals surface area contributed by atoms with Crippen molar-refractivity contribution in [2.24, 2.45) is 0 Å². The van der Waals surface area contributed by atoms with Gasteiger partial charge in [-0.3, -0.25) is 9.69 Å². The van der Waals surface area contributed by atoms with E-state index in [0.29, 0.717) is 11.1 Å². The van der Waals surface area contributed by atoms with Crippen LogP contribution in [0.1, 0.15) is 40.7 Å². The normalized spacial score (nSPS) is 14.9. The van der Waals surface area contributed by atoms with Gasteiger partial charge in [-0.05, 0) is 67.9 Å². The van der Waals surface area contributed by atoms with Gasteiger partial charge in [0.25, 0.3) is 0 Å². The highest BCUT2D eigenvalue weighted by molar-refractivity contribution is 6.32. The van der Waals surface area contributed by atoms with Crippen molar-refractivity contribution in [3.8, 4) is 17.2 Å². The van der Waals surface area contributed by atoms with Gasteiger partial charge in [0.2, 0.25) is 0 Å². The molecule has 1 aliphatic heterocycles. The van der Waals surface area contributed by atoms with Gasteiger partial charge in [-0.2, -0.15) is 0 Å². The van der Waals surface area contributed by atoms with Gasteiger partial charge in [0.05, 0.1) is 19.2 Å². The second-order valence-corrected chi connectivity index (χ2v) is 7.52. The van der Waals surface area contributed by atoms with Crippen LogP contribution in [-0.2, 0) is 6.54 Å². The number of rotatable bonds is 7. The largest absolute Gasteiger partial charge is 0.503 e. The van der Waals surface area contributed by atoms with Crippen LogP contribution in [-0.4, -0.2) is 43.1 Å². The average molecular weight is 416 g/mol. The molecule has 0 spiro atoms. The molecule has 0 radical (unpaired) electrons. The van der Waals surface area contributed by atoms with Crippen molar-refractivity contribution in [3.05, 3.63) is 58.1 Å². The molecule has 1 aliphatic rings.